The Bertz CT molecular complexity index is 519. The van der Waals surface area contributed by atoms with Crippen LogP contribution in [0, 0.1) is 0 Å². The lowest BCUT2D eigenvalue weighted by Gasteiger charge is -2.15. The first-order valence-electron chi connectivity index (χ1n) is 4.85. The van der Waals surface area contributed by atoms with E-state index in [-0.39, 0.29) is 5.91 Å². The number of furan rings is 1. The molecule has 2 rings (SSSR count). The minimum atomic E-state index is -0.793. The van der Waals surface area contributed by atoms with Crippen molar-refractivity contribution in [2.45, 2.75) is 6.04 Å². The first kappa shape index (κ1) is 10.7. The van der Waals surface area contributed by atoms with Gasteiger partial charge in [-0.05, 0) is 6.07 Å². The van der Waals surface area contributed by atoms with Gasteiger partial charge in [-0.2, -0.15) is 0 Å². The van der Waals surface area contributed by atoms with Gasteiger partial charge >= 0.3 is 0 Å². The minimum absolute atomic E-state index is 0.355. The molecule has 16 heavy (non-hydrogen) atoms. The van der Waals surface area contributed by atoms with E-state index in [0.29, 0.717) is 11.1 Å². The van der Waals surface area contributed by atoms with Gasteiger partial charge in [0.25, 0.3) is 5.91 Å². The molecule has 1 aromatic heterocycles. The van der Waals surface area contributed by atoms with Gasteiger partial charge < -0.3 is 10.2 Å². The van der Waals surface area contributed by atoms with E-state index in [4.69, 9.17) is 16.0 Å². The van der Waals surface area contributed by atoms with Crippen molar-refractivity contribution in [3.05, 3.63) is 36.1 Å². The van der Waals surface area contributed by atoms with Crippen LogP contribution < -0.4 is 11.6 Å². The van der Waals surface area contributed by atoms with E-state index in [2.05, 4.69) is 0 Å². The van der Waals surface area contributed by atoms with E-state index in [1.807, 2.05) is 24.3 Å². The Kier molecular flexibility index (Phi) is 2.64. The lowest BCUT2D eigenvalue weighted by atomic mass is 10.1. The van der Waals surface area contributed by atoms with Gasteiger partial charge in [0.05, 0.1) is 6.26 Å². The zero-order valence-corrected chi connectivity index (χ0v) is 8.88. The fourth-order valence-electron chi connectivity index (χ4n) is 1.59. The van der Waals surface area contributed by atoms with Crippen molar-refractivity contribution in [3.8, 4) is 0 Å². The number of nitrogens with zero attached hydrogens (tertiary/aromatic N) is 1. The first-order chi connectivity index (χ1) is 7.61. The van der Waals surface area contributed by atoms with E-state index in [1.54, 1.807) is 0 Å². The summed E-state index contributed by atoms with van der Waals surface area (Å²) in [5.74, 6) is 5.01. The van der Waals surface area contributed by atoms with E-state index in [1.165, 1.54) is 13.3 Å². The van der Waals surface area contributed by atoms with Crippen LogP contribution >= 0.6 is 0 Å². The summed E-state index contributed by atoms with van der Waals surface area (Å²) in [6, 6.07) is 6.61. The summed E-state index contributed by atoms with van der Waals surface area (Å²) in [4.78, 5) is 11.6. The van der Waals surface area contributed by atoms with Crippen LogP contribution in [0.2, 0.25) is 0 Å². The number of carbonyl (C=O) groups excluding carboxylic acids is 1. The molecule has 0 aliphatic heterocycles. The lowest BCUT2D eigenvalue weighted by molar-refractivity contribution is -0.131. The maximum atomic E-state index is 11.6. The molecule has 4 N–H and O–H groups in total. The average molecular weight is 219 g/mol. The van der Waals surface area contributed by atoms with Crippen LogP contribution in [-0.2, 0) is 4.79 Å². The summed E-state index contributed by atoms with van der Waals surface area (Å²) in [7, 11) is 1.46. The molecule has 1 unspecified atom stereocenters. The quantitative estimate of drug-likeness (QED) is 0.443. The second kappa shape index (κ2) is 3.96. The van der Waals surface area contributed by atoms with Gasteiger partial charge in [0.15, 0.2) is 0 Å². The van der Waals surface area contributed by atoms with Crippen LogP contribution in [0.3, 0.4) is 0 Å². The Morgan fingerprint density at radius 3 is 2.81 bits per heavy atom. The molecule has 5 nitrogen and oxygen atoms in total. The van der Waals surface area contributed by atoms with Gasteiger partial charge in [-0.3, -0.25) is 9.80 Å². The maximum absolute atomic E-state index is 11.6. The lowest BCUT2D eigenvalue weighted by Crippen LogP contribution is -2.40. The molecule has 1 atom stereocenters. The van der Waals surface area contributed by atoms with Gasteiger partial charge in [-0.25, -0.2) is 5.84 Å². The molecule has 84 valence electrons. The van der Waals surface area contributed by atoms with Crippen LogP contribution in [-0.4, -0.2) is 18.0 Å². The van der Waals surface area contributed by atoms with Gasteiger partial charge in [0, 0.05) is 18.0 Å². The normalized spacial score (nSPS) is 12.7. The van der Waals surface area contributed by atoms with Crippen molar-refractivity contribution < 1.29 is 9.21 Å². The van der Waals surface area contributed by atoms with E-state index in [9.17, 15) is 4.79 Å². The average Bonchev–Trinajstić information content (AvgIpc) is 2.70. The van der Waals surface area contributed by atoms with Crippen molar-refractivity contribution in [3.63, 3.8) is 0 Å². The van der Waals surface area contributed by atoms with Crippen LogP contribution in [0.4, 0.5) is 0 Å². The van der Waals surface area contributed by atoms with Crippen LogP contribution in [0.1, 0.15) is 11.6 Å². The minimum Gasteiger partial charge on any atom is -0.464 e. The zero-order chi connectivity index (χ0) is 11.7. The van der Waals surface area contributed by atoms with Crippen molar-refractivity contribution in [2.75, 3.05) is 7.05 Å². The zero-order valence-electron chi connectivity index (χ0n) is 8.88. The molecule has 0 bridgehead atoms. The highest BCUT2D eigenvalue weighted by Crippen LogP contribution is 2.25. The number of benzene rings is 1. The summed E-state index contributed by atoms with van der Waals surface area (Å²) in [6.07, 6.45) is 1.50. The Morgan fingerprint density at radius 2 is 2.12 bits per heavy atom. The number of nitrogens with two attached hydrogens (primary N) is 2. The van der Waals surface area contributed by atoms with Gasteiger partial charge in [-0.15, -0.1) is 0 Å². The number of rotatable bonds is 2. The third-order valence-corrected chi connectivity index (χ3v) is 2.46. The molecule has 0 saturated carbocycles. The van der Waals surface area contributed by atoms with Gasteiger partial charge in [-0.1, -0.05) is 18.2 Å². The van der Waals surface area contributed by atoms with E-state index in [0.717, 1.165) is 10.4 Å². The number of carbonyl (C=O) groups is 1. The second-order valence-electron chi connectivity index (χ2n) is 3.61. The first-order valence-corrected chi connectivity index (χ1v) is 4.85. The Labute approximate surface area is 92.6 Å². The van der Waals surface area contributed by atoms with Crippen molar-refractivity contribution in [1.82, 2.24) is 5.01 Å². The Hall–Kier alpha value is -1.85. The summed E-state index contributed by atoms with van der Waals surface area (Å²) >= 11 is 0. The molecule has 1 aromatic carbocycles. The van der Waals surface area contributed by atoms with Crippen molar-refractivity contribution in [1.29, 1.82) is 0 Å². The SMILES string of the molecule is CN(N)C(=O)C(N)c1coc2ccccc12. The van der Waals surface area contributed by atoms with Crippen LogP contribution in [0.15, 0.2) is 34.9 Å². The summed E-state index contributed by atoms with van der Waals surface area (Å²) in [5.41, 5.74) is 7.18. The molecule has 0 spiro atoms. The van der Waals surface area contributed by atoms with E-state index < -0.39 is 6.04 Å². The molecule has 5 heteroatoms. The largest absolute Gasteiger partial charge is 0.464 e. The molecule has 2 aromatic rings. The summed E-state index contributed by atoms with van der Waals surface area (Å²) in [5, 5.41) is 1.82. The molecule has 0 aliphatic carbocycles. The van der Waals surface area contributed by atoms with E-state index >= 15 is 0 Å². The fraction of sp³-hybridized carbons (Fsp3) is 0.182. The number of hydrazine groups is 1. The monoisotopic (exact) mass is 219 g/mol. The molecular weight excluding hydrogens is 206 g/mol. The summed E-state index contributed by atoms with van der Waals surface area (Å²) < 4.78 is 5.31. The number of likely N-dealkylation sites (N-methyl/N-ethyl adjacent to an activating group) is 1. The van der Waals surface area contributed by atoms with Crippen molar-refractivity contribution >= 4 is 16.9 Å². The third-order valence-electron chi connectivity index (χ3n) is 2.46. The number of hydrogen-bond acceptors (Lipinski definition) is 4. The highest BCUT2D eigenvalue weighted by atomic mass is 16.3. The Morgan fingerprint density at radius 1 is 1.44 bits per heavy atom. The van der Waals surface area contributed by atoms with Crippen LogP contribution in [0.25, 0.3) is 11.0 Å². The molecule has 0 radical (unpaired) electrons. The standard InChI is InChI=1S/C11H13N3O2/c1-14(13)11(15)10(12)8-6-16-9-5-3-2-4-7(8)9/h2-6,10H,12-13H2,1H3. The molecule has 0 saturated heterocycles. The molecular formula is C11H13N3O2. The molecule has 0 aliphatic rings. The predicted octanol–water partition coefficient (Wildman–Crippen LogP) is 0.765. The molecule has 0 fully saturated rings. The van der Waals surface area contributed by atoms with Gasteiger partial charge in [0.1, 0.15) is 11.6 Å². The number of hydrogen-bond donors (Lipinski definition) is 2. The van der Waals surface area contributed by atoms with Gasteiger partial charge in [0.2, 0.25) is 0 Å². The Balaban J connectivity index is 2.44. The topological polar surface area (TPSA) is 85.5 Å². The van der Waals surface area contributed by atoms with Crippen LogP contribution in [0.5, 0.6) is 0 Å². The molecule has 1 amide bonds. The second-order valence-corrected chi connectivity index (χ2v) is 3.61. The third kappa shape index (κ3) is 1.66. The molecule has 1 heterocycles. The summed E-state index contributed by atoms with van der Waals surface area (Å²) in [6.45, 7) is 0. The maximum Gasteiger partial charge on any atom is 0.257 e. The number of fused-ring (bicyclic) bond motifs is 1. The smallest absolute Gasteiger partial charge is 0.257 e. The highest BCUT2D eigenvalue weighted by Gasteiger charge is 2.21. The number of para-hydroxylation sites is 1. The van der Waals surface area contributed by atoms with Crippen molar-refractivity contribution in [2.24, 2.45) is 11.6 Å². The fourth-order valence-corrected chi connectivity index (χ4v) is 1.59. The predicted molar refractivity (Wildman–Crippen MR) is 60.1 cm³/mol. The highest BCUT2D eigenvalue weighted by molar-refractivity contribution is 5.90. The number of amides is 1.